The number of ether oxygens (including phenoxy) is 1. The molecule has 0 spiro atoms. The fourth-order valence-electron chi connectivity index (χ4n) is 2.16. The molecule has 0 aliphatic rings. The third-order valence-corrected chi connectivity index (χ3v) is 3.68. The zero-order chi connectivity index (χ0) is 16.9. The van der Waals surface area contributed by atoms with Crippen LogP contribution in [-0.2, 0) is 6.54 Å². The molecule has 2 aromatic carbocycles. The maximum atomic E-state index is 8.99. The molecular weight excluding hydrogens is 328 g/mol. The van der Waals surface area contributed by atoms with Crippen molar-refractivity contribution in [2.45, 2.75) is 6.54 Å². The van der Waals surface area contributed by atoms with Crippen LogP contribution < -0.4 is 10.1 Å². The lowest BCUT2D eigenvalue weighted by atomic mass is 10.2. The quantitative estimate of drug-likeness (QED) is 0.758. The number of rotatable bonds is 5. The molecule has 0 bridgehead atoms. The molecule has 0 aliphatic carbocycles. The zero-order valence-corrected chi connectivity index (χ0v) is 13.5. The molecule has 7 heteroatoms. The van der Waals surface area contributed by atoms with E-state index in [2.05, 4.69) is 15.5 Å². The number of benzene rings is 2. The Morgan fingerprint density at radius 3 is 2.92 bits per heavy atom. The summed E-state index contributed by atoms with van der Waals surface area (Å²) in [5, 5.41) is 16.5. The van der Waals surface area contributed by atoms with Crippen LogP contribution in [0.2, 0.25) is 5.02 Å². The van der Waals surface area contributed by atoms with Gasteiger partial charge in [-0.15, -0.1) is 0 Å². The molecule has 0 atom stereocenters. The summed E-state index contributed by atoms with van der Waals surface area (Å²) in [6, 6.07) is 14.6. The Morgan fingerprint density at radius 2 is 2.12 bits per heavy atom. The Hall–Kier alpha value is -3.04. The van der Waals surface area contributed by atoms with Crippen molar-refractivity contribution in [3.05, 3.63) is 58.9 Å². The van der Waals surface area contributed by atoms with Gasteiger partial charge >= 0.3 is 0 Å². The Morgan fingerprint density at radius 1 is 1.29 bits per heavy atom. The van der Waals surface area contributed by atoms with Crippen molar-refractivity contribution in [3.8, 4) is 23.2 Å². The van der Waals surface area contributed by atoms with Gasteiger partial charge in [-0.3, -0.25) is 0 Å². The maximum absolute atomic E-state index is 8.99. The van der Waals surface area contributed by atoms with Crippen LogP contribution in [0.3, 0.4) is 0 Å². The first kappa shape index (κ1) is 15.8. The second kappa shape index (κ2) is 7.02. The van der Waals surface area contributed by atoms with E-state index < -0.39 is 0 Å². The topological polar surface area (TPSA) is 84.0 Å². The smallest absolute Gasteiger partial charge is 0.246 e. The normalized spacial score (nSPS) is 10.2. The largest absolute Gasteiger partial charge is 0.496 e. The number of nitrogens with one attached hydrogen (secondary N) is 1. The lowest BCUT2D eigenvalue weighted by Gasteiger charge is -2.04. The number of methoxy groups -OCH3 is 1. The zero-order valence-electron chi connectivity index (χ0n) is 12.8. The molecule has 0 saturated heterocycles. The van der Waals surface area contributed by atoms with Gasteiger partial charge in [-0.2, -0.15) is 10.2 Å². The van der Waals surface area contributed by atoms with Gasteiger partial charge in [0.1, 0.15) is 11.8 Å². The Balaban J connectivity index is 1.74. The van der Waals surface area contributed by atoms with Crippen molar-refractivity contribution >= 4 is 17.3 Å². The molecule has 3 aromatic rings. The third kappa shape index (κ3) is 3.31. The standard InChI is InChI=1S/C17H13ClN4O2/c1-23-15-5-3-2-4-13(15)17-21-16(24-22-17)10-20-12-6-7-14(18)11(8-12)9-19/h2-8,20H,10H2,1H3. The highest BCUT2D eigenvalue weighted by atomic mass is 35.5. The van der Waals surface area contributed by atoms with E-state index in [1.165, 1.54) is 0 Å². The van der Waals surface area contributed by atoms with Crippen molar-refractivity contribution < 1.29 is 9.26 Å². The Bertz CT molecular complexity index is 902. The van der Waals surface area contributed by atoms with E-state index in [0.717, 1.165) is 11.3 Å². The number of nitrogens with zero attached hydrogens (tertiary/aromatic N) is 3. The number of aromatic nitrogens is 2. The van der Waals surface area contributed by atoms with Crippen molar-refractivity contribution in [1.82, 2.24) is 10.1 Å². The second-order valence-corrected chi connectivity index (χ2v) is 5.28. The lowest BCUT2D eigenvalue weighted by Crippen LogP contribution is -2.00. The van der Waals surface area contributed by atoms with Crippen LogP contribution in [0.25, 0.3) is 11.4 Å². The number of hydrogen-bond acceptors (Lipinski definition) is 6. The van der Waals surface area contributed by atoms with Crippen molar-refractivity contribution in [2.75, 3.05) is 12.4 Å². The average Bonchev–Trinajstić information content (AvgIpc) is 3.09. The van der Waals surface area contributed by atoms with Gasteiger partial charge in [0.05, 0.1) is 29.8 Å². The minimum Gasteiger partial charge on any atom is -0.496 e. The number of nitriles is 1. The van der Waals surface area contributed by atoms with Gasteiger partial charge in [0.25, 0.3) is 0 Å². The van der Waals surface area contributed by atoms with Crippen LogP contribution in [-0.4, -0.2) is 17.3 Å². The molecule has 1 aromatic heterocycles. The monoisotopic (exact) mass is 340 g/mol. The molecule has 1 heterocycles. The fourth-order valence-corrected chi connectivity index (χ4v) is 2.32. The summed E-state index contributed by atoms with van der Waals surface area (Å²) >= 11 is 5.91. The molecular formula is C17H13ClN4O2. The summed E-state index contributed by atoms with van der Waals surface area (Å²) in [5.74, 6) is 1.55. The van der Waals surface area contributed by atoms with E-state index in [1.807, 2.05) is 30.3 Å². The first-order valence-electron chi connectivity index (χ1n) is 7.10. The fraction of sp³-hybridized carbons (Fsp3) is 0.118. The van der Waals surface area contributed by atoms with Crippen molar-refractivity contribution in [2.24, 2.45) is 0 Å². The van der Waals surface area contributed by atoms with Crippen molar-refractivity contribution in [1.29, 1.82) is 5.26 Å². The Labute approximate surface area is 143 Å². The molecule has 0 radical (unpaired) electrons. The molecule has 24 heavy (non-hydrogen) atoms. The number of para-hydroxylation sites is 1. The van der Waals surface area contributed by atoms with Crippen molar-refractivity contribution in [3.63, 3.8) is 0 Å². The number of anilines is 1. The first-order chi connectivity index (χ1) is 11.7. The maximum Gasteiger partial charge on any atom is 0.246 e. The molecule has 3 rings (SSSR count). The molecule has 1 N–H and O–H groups in total. The average molecular weight is 341 g/mol. The van der Waals surface area contributed by atoms with Crippen LogP contribution in [0.1, 0.15) is 11.5 Å². The van der Waals surface area contributed by atoms with Crippen LogP contribution in [0.5, 0.6) is 5.75 Å². The summed E-state index contributed by atoms with van der Waals surface area (Å²) in [6.07, 6.45) is 0. The first-order valence-corrected chi connectivity index (χ1v) is 7.48. The molecule has 0 fully saturated rings. The molecule has 120 valence electrons. The lowest BCUT2D eigenvalue weighted by molar-refractivity contribution is 0.383. The van der Waals surface area contributed by atoms with Crippen LogP contribution in [0.15, 0.2) is 47.0 Å². The highest BCUT2D eigenvalue weighted by Crippen LogP contribution is 2.27. The summed E-state index contributed by atoms with van der Waals surface area (Å²) in [7, 11) is 1.59. The van der Waals surface area contributed by atoms with Gasteiger partial charge in [0.2, 0.25) is 11.7 Å². The molecule has 0 aliphatic heterocycles. The summed E-state index contributed by atoms with van der Waals surface area (Å²) in [6.45, 7) is 0.328. The summed E-state index contributed by atoms with van der Waals surface area (Å²) < 4.78 is 10.5. The molecule has 6 nitrogen and oxygen atoms in total. The third-order valence-electron chi connectivity index (χ3n) is 3.35. The summed E-state index contributed by atoms with van der Waals surface area (Å²) in [5.41, 5.74) is 1.91. The van der Waals surface area contributed by atoms with Gasteiger partial charge < -0.3 is 14.6 Å². The number of hydrogen-bond donors (Lipinski definition) is 1. The van der Waals surface area contributed by atoms with E-state index in [0.29, 0.717) is 34.6 Å². The molecule has 0 amide bonds. The molecule has 0 unspecified atom stereocenters. The highest BCUT2D eigenvalue weighted by molar-refractivity contribution is 6.31. The van der Waals surface area contributed by atoms with E-state index in [1.54, 1.807) is 25.3 Å². The van der Waals surface area contributed by atoms with Gasteiger partial charge in [-0.1, -0.05) is 28.9 Å². The Kier molecular flexibility index (Phi) is 4.64. The predicted octanol–water partition coefficient (Wildman–Crippen LogP) is 3.88. The predicted molar refractivity (Wildman–Crippen MR) is 89.8 cm³/mol. The van der Waals surface area contributed by atoms with Gasteiger partial charge in [0.15, 0.2) is 0 Å². The van der Waals surface area contributed by atoms with E-state index in [4.69, 9.17) is 26.1 Å². The second-order valence-electron chi connectivity index (χ2n) is 4.87. The highest BCUT2D eigenvalue weighted by Gasteiger charge is 2.12. The van der Waals surface area contributed by atoms with E-state index in [9.17, 15) is 0 Å². The van der Waals surface area contributed by atoms with Crippen LogP contribution in [0, 0.1) is 11.3 Å². The van der Waals surface area contributed by atoms with Crippen LogP contribution >= 0.6 is 11.6 Å². The SMILES string of the molecule is COc1ccccc1-c1noc(CNc2ccc(Cl)c(C#N)c2)n1. The summed E-state index contributed by atoms with van der Waals surface area (Å²) in [4.78, 5) is 4.35. The minimum absolute atomic E-state index is 0.328. The van der Waals surface area contributed by atoms with Gasteiger partial charge in [0, 0.05) is 5.69 Å². The minimum atomic E-state index is 0.328. The van der Waals surface area contributed by atoms with Crippen LogP contribution in [0.4, 0.5) is 5.69 Å². The van der Waals surface area contributed by atoms with E-state index in [-0.39, 0.29) is 0 Å². The van der Waals surface area contributed by atoms with Gasteiger partial charge in [-0.25, -0.2) is 0 Å². The number of halogens is 1. The van der Waals surface area contributed by atoms with E-state index >= 15 is 0 Å². The molecule has 0 saturated carbocycles. The van der Waals surface area contributed by atoms with Gasteiger partial charge in [-0.05, 0) is 30.3 Å².